The lowest BCUT2D eigenvalue weighted by molar-refractivity contribution is 0.0571. The minimum absolute atomic E-state index is 0.0653. The second-order valence-electron chi connectivity index (χ2n) is 3.18. The molecule has 0 saturated carbocycles. The molecule has 0 unspecified atom stereocenters. The fourth-order valence-corrected chi connectivity index (χ4v) is 1.58. The molecule has 13 heavy (non-hydrogen) atoms. The van der Waals surface area contributed by atoms with Gasteiger partial charge in [0.05, 0.1) is 11.8 Å². The van der Waals surface area contributed by atoms with Crippen LogP contribution in [-0.4, -0.2) is 12.2 Å². The van der Waals surface area contributed by atoms with Gasteiger partial charge in [0, 0.05) is 18.8 Å². The van der Waals surface area contributed by atoms with Crippen molar-refractivity contribution < 1.29 is 18.0 Å². The average molecular weight is 186 g/mol. The number of furan rings is 1. The molecule has 4 heteroatoms. The van der Waals surface area contributed by atoms with Crippen LogP contribution in [0.25, 0.3) is 0 Å². The molecule has 1 aliphatic rings. The minimum atomic E-state index is -2.44. The third-order valence-corrected chi connectivity index (χ3v) is 2.30. The molecule has 0 radical (unpaired) electrons. The van der Waals surface area contributed by atoms with E-state index >= 15 is 0 Å². The number of fused-ring (bicyclic) bond motifs is 1. The van der Waals surface area contributed by atoms with Gasteiger partial charge in [-0.3, -0.25) is 4.79 Å². The molecule has 1 heterocycles. The molecule has 0 saturated heterocycles. The molecule has 2 rings (SSSR count). The Kier molecular flexibility index (Phi) is 1.90. The van der Waals surface area contributed by atoms with E-state index in [9.17, 15) is 13.6 Å². The van der Waals surface area contributed by atoms with E-state index in [4.69, 9.17) is 4.42 Å². The topological polar surface area (TPSA) is 30.2 Å². The molecule has 1 aliphatic carbocycles. The van der Waals surface area contributed by atoms with Gasteiger partial charge < -0.3 is 4.42 Å². The molecule has 0 spiro atoms. The fourth-order valence-electron chi connectivity index (χ4n) is 1.58. The molecule has 0 bridgehead atoms. The summed E-state index contributed by atoms with van der Waals surface area (Å²) in [6.07, 6.45) is -0.964. The van der Waals surface area contributed by atoms with Gasteiger partial charge in [0.25, 0.3) is 0 Å². The Balaban J connectivity index is 2.29. The smallest absolute Gasteiger partial charge is 0.242 e. The van der Waals surface area contributed by atoms with Gasteiger partial charge in [0.2, 0.25) is 6.43 Å². The maximum Gasteiger partial charge on any atom is 0.242 e. The predicted molar refractivity (Wildman–Crippen MR) is 40.9 cm³/mol. The van der Waals surface area contributed by atoms with Crippen molar-refractivity contribution in [3.8, 4) is 0 Å². The van der Waals surface area contributed by atoms with Crippen LogP contribution in [0.15, 0.2) is 16.7 Å². The van der Waals surface area contributed by atoms with Crippen molar-refractivity contribution in [1.29, 1.82) is 0 Å². The van der Waals surface area contributed by atoms with Gasteiger partial charge in [0.15, 0.2) is 5.78 Å². The Morgan fingerprint density at radius 2 is 2.23 bits per heavy atom. The van der Waals surface area contributed by atoms with E-state index < -0.39 is 12.3 Å². The van der Waals surface area contributed by atoms with Gasteiger partial charge in [-0.2, -0.15) is 0 Å². The third-order valence-electron chi connectivity index (χ3n) is 2.30. The second kappa shape index (κ2) is 2.94. The third kappa shape index (κ3) is 1.36. The Bertz CT molecular complexity index is 330. The number of halogens is 2. The predicted octanol–water partition coefficient (Wildman–Crippen LogP) is 2.29. The quantitative estimate of drug-likeness (QED) is 0.673. The number of rotatable bonds is 1. The highest BCUT2D eigenvalue weighted by Crippen LogP contribution is 2.29. The summed E-state index contributed by atoms with van der Waals surface area (Å²) in [5.74, 6) is -0.701. The van der Waals surface area contributed by atoms with Crippen molar-refractivity contribution in [2.75, 3.05) is 0 Å². The number of alkyl halides is 2. The van der Waals surface area contributed by atoms with Crippen LogP contribution >= 0.6 is 0 Å². The molecule has 1 aromatic heterocycles. The van der Waals surface area contributed by atoms with Crippen molar-refractivity contribution >= 4 is 5.78 Å². The number of carbonyl (C=O) groups excluding carboxylic acids is 1. The first-order valence-corrected chi connectivity index (χ1v) is 4.06. The van der Waals surface area contributed by atoms with Crippen LogP contribution in [0.3, 0.4) is 0 Å². The highest BCUT2D eigenvalue weighted by atomic mass is 19.3. The number of hydrogen-bond acceptors (Lipinski definition) is 2. The Labute approximate surface area is 73.5 Å². The summed E-state index contributed by atoms with van der Waals surface area (Å²) in [7, 11) is 0. The maximum absolute atomic E-state index is 12.3. The fraction of sp³-hybridized carbons (Fsp3) is 0.444. The highest BCUT2D eigenvalue weighted by molar-refractivity contribution is 5.98. The zero-order valence-corrected chi connectivity index (χ0v) is 6.80. The van der Waals surface area contributed by atoms with Gasteiger partial charge in [-0.1, -0.05) is 0 Å². The van der Waals surface area contributed by atoms with E-state index in [-0.39, 0.29) is 18.6 Å². The van der Waals surface area contributed by atoms with Crippen LogP contribution < -0.4 is 0 Å². The summed E-state index contributed by atoms with van der Waals surface area (Å²) < 4.78 is 29.6. The maximum atomic E-state index is 12.3. The zero-order valence-electron chi connectivity index (χ0n) is 6.80. The lowest BCUT2D eigenvalue weighted by Crippen LogP contribution is -2.24. The monoisotopic (exact) mass is 186 g/mol. The van der Waals surface area contributed by atoms with E-state index in [0.717, 1.165) is 0 Å². The Morgan fingerprint density at radius 3 is 2.92 bits per heavy atom. The molecule has 0 amide bonds. The Morgan fingerprint density at radius 1 is 1.46 bits per heavy atom. The summed E-state index contributed by atoms with van der Waals surface area (Å²) >= 11 is 0. The van der Waals surface area contributed by atoms with Gasteiger partial charge in [-0.25, -0.2) is 8.78 Å². The highest BCUT2D eigenvalue weighted by Gasteiger charge is 2.32. The number of carbonyl (C=O) groups is 1. The van der Waals surface area contributed by atoms with Gasteiger partial charge in [0.1, 0.15) is 5.76 Å². The molecular formula is C9H8F2O2. The summed E-state index contributed by atoms with van der Waals surface area (Å²) in [5.41, 5.74) is 0.469. The van der Waals surface area contributed by atoms with Crippen LogP contribution in [-0.2, 0) is 6.42 Å². The van der Waals surface area contributed by atoms with E-state index in [0.29, 0.717) is 11.3 Å². The molecular weight excluding hydrogens is 178 g/mol. The van der Waals surface area contributed by atoms with Crippen molar-refractivity contribution in [3.05, 3.63) is 23.7 Å². The van der Waals surface area contributed by atoms with Crippen LogP contribution in [0.1, 0.15) is 22.5 Å². The molecule has 0 fully saturated rings. The zero-order chi connectivity index (χ0) is 9.42. The van der Waals surface area contributed by atoms with Gasteiger partial charge in [-0.15, -0.1) is 0 Å². The summed E-state index contributed by atoms with van der Waals surface area (Å²) in [6.45, 7) is 0. The normalized spacial score (nSPS) is 22.1. The first-order chi connectivity index (χ1) is 6.18. The van der Waals surface area contributed by atoms with E-state index in [2.05, 4.69) is 0 Å². The van der Waals surface area contributed by atoms with E-state index in [1.165, 1.54) is 6.26 Å². The average Bonchev–Trinajstić information content (AvgIpc) is 2.51. The van der Waals surface area contributed by atoms with Crippen molar-refractivity contribution in [2.45, 2.75) is 19.3 Å². The van der Waals surface area contributed by atoms with Crippen LogP contribution in [0.4, 0.5) is 8.78 Å². The molecule has 0 aromatic carbocycles. The summed E-state index contributed by atoms with van der Waals surface area (Å²) in [6, 6.07) is 1.54. The minimum Gasteiger partial charge on any atom is -0.469 e. The van der Waals surface area contributed by atoms with Gasteiger partial charge >= 0.3 is 0 Å². The number of hydrogen-bond donors (Lipinski definition) is 0. The SMILES string of the molecule is O=C1C[C@H](C(F)F)Cc2occc21. The number of ketones is 1. The van der Waals surface area contributed by atoms with Crippen molar-refractivity contribution in [2.24, 2.45) is 5.92 Å². The standard InChI is InChI=1S/C9H8F2O2/c10-9(11)5-3-7(12)6-1-2-13-8(6)4-5/h1-2,5,9H,3-4H2/t5-/m0/s1. The van der Waals surface area contributed by atoms with Crippen LogP contribution in [0, 0.1) is 5.92 Å². The van der Waals surface area contributed by atoms with Gasteiger partial charge in [-0.05, 0) is 6.07 Å². The molecule has 0 N–H and O–H groups in total. The molecule has 1 aromatic rings. The van der Waals surface area contributed by atoms with Crippen LogP contribution in [0.5, 0.6) is 0 Å². The van der Waals surface area contributed by atoms with E-state index in [1.54, 1.807) is 6.07 Å². The lowest BCUT2D eigenvalue weighted by Gasteiger charge is -2.18. The second-order valence-corrected chi connectivity index (χ2v) is 3.18. The largest absolute Gasteiger partial charge is 0.469 e. The summed E-state index contributed by atoms with van der Waals surface area (Å²) in [4.78, 5) is 11.3. The van der Waals surface area contributed by atoms with Crippen molar-refractivity contribution in [1.82, 2.24) is 0 Å². The number of Topliss-reactive ketones (excluding diaryl/α,β-unsaturated/α-hetero) is 1. The summed E-state index contributed by atoms with van der Waals surface area (Å²) in [5, 5.41) is 0. The molecule has 2 nitrogen and oxygen atoms in total. The first kappa shape index (κ1) is 8.41. The van der Waals surface area contributed by atoms with Crippen molar-refractivity contribution in [3.63, 3.8) is 0 Å². The Hall–Kier alpha value is -1.19. The molecule has 70 valence electrons. The first-order valence-electron chi connectivity index (χ1n) is 4.06. The van der Waals surface area contributed by atoms with E-state index in [1.807, 2.05) is 0 Å². The molecule has 0 aliphatic heterocycles. The lowest BCUT2D eigenvalue weighted by atomic mass is 9.88. The molecule has 1 atom stereocenters. The van der Waals surface area contributed by atoms with Crippen LogP contribution in [0.2, 0.25) is 0 Å².